The van der Waals surface area contributed by atoms with Gasteiger partial charge < -0.3 is 14.2 Å². The van der Waals surface area contributed by atoms with E-state index in [0.717, 1.165) is 12.8 Å². The van der Waals surface area contributed by atoms with E-state index >= 15 is 0 Å². The molecule has 0 amide bonds. The van der Waals surface area contributed by atoms with Crippen molar-refractivity contribution in [3.8, 4) is 17.2 Å². The molecule has 0 unspecified atom stereocenters. The highest BCUT2D eigenvalue weighted by Gasteiger charge is 2.10. The van der Waals surface area contributed by atoms with Gasteiger partial charge in [0.05, 0.1) is 13.2 Å². The number of hydrogen-bond donors (Lipinski definition) is 0. The number of esters is 1. The highest BCUT2D eigenvalue weighted by Crippen LogP contribution is 2.32. The largest absolute Gasteiger partial charge is 0.490 e. The fourth-order valence-electron chi connectivity index (χ4n) is 1.40. The molecule has 20 heavy (non-hydrogen) atoms. The van der Waals surface area contributed by atoms with E-state index in [1.54, 1.807) is 25.1 Å². The Morgan fingerprint density at radius 2 is 1.70 bits per heavy atom. The molecular weight excluding hydrogens is 256 g/mol. The van der Waals surface area contributed by atoms with Crippen molar-refractivity contribution in [1.82, 2.24) is 0 Å². The topological polar surface area (TPSA) is 44.8 Å². The summed E-state index contributed by atoms with van der Waals surface area (Å²) in [6.45, 7) is 10.4. The fourth-order valence-corrected chi connectivity index (χ4v) is 1.40. The SMILES string of the molecule is C=C(C)C(=O)Oc1ccc(OCCC)c(OCCC)c1. The van der Waals surface area contributed by atoms with Crippen molar-refractivity contribution >= 4 is 5.97 Å². The highest BCUT2D eigenvalue weighted by molar-refractivity contribution is 5.88. The Hall–Kier alpha value is -1.97. The summed E-state index contributed by atoms with van der Waals surface area (Å²) < 4.78 is 16.4. The molecule has 1 rings (SSSR count). The minimum Gasteiger partial charge on any atom is -0.490 e. The van der Waals surface area contributed by atoms with E-state index in [1.165, 1.54) is 0 Å². The maximum absolute atomic E-state index is 11.5. The van der Waals surface area contributed by atoms with Gasteiger partial charge in [-0.15, -0.1) is 0 Å². The Labute approximate surface area is 120 Å². The molecular formula is C16H22O4. The van der Waals surface area contributed by atoms with Crippen LogP contribution in [0.15, 0.2) is 30.4 Å². The Kier molecular flexibility index (Phi) is 6.64. The average Bonchev–Trinajstić information content (AvgIpc) is 2.43. The lowest BCUT2D eigenvalue weighted by atomic mass is 10.3. The van der Waals surface area contributed by atoms with Crippen LogP contribution in [-0.4, -0.2) is 19.2 Å². The van der Waals surface area contributed by atoms with Crippen LogP contribution in [0.2, 0.25) is 0 Å². The molecule has 0 aliphatic rings. The van der Waals surface area contributed by atoms with E-state index in [0.29, 0.717) is 36.0 Å². The Bertz CT molecular complexity index is 466. The Balaban J connectivity index is 2.88. The number of rotatable bonds is 8. The van der Waals surface area contributed by atoms with E-state index in [-0.39, 0.29) is 0 Å². The summed E-state index contributed by atoms with van der Waals surface area (Å²) in [5.41, 5.74) is 0.354. The number of benzene rings is 1. The predicted octanol–water partition coefficient (Wildman–Crippen LogP) is 3.75. The van der Waals surface area contributed by atoms with Crippen molar-refractivity contribution in [3.63, 3.8) is 0 Å². The van der Waals surface area contributed by atoms with Gasteiger partial charge in [-0.3, -0.25) is 0 Å². The van der Waals surface area contributed by atoms with Crippen molar-refractivity contribution in [2.24, 2.45) is 0 Å². The van der Waals surface area contributed by atoms with Crippen LogP contribution in [0.5, 0.6) is 17.2 Å². The van der Waals surface area contributed by atoms with Crippen molar-refractivity contribution < 1.29 is 19.0 Å². The summed E-state index contributed by atoms with van der Waals surface area (Å²) in [6.07, 6.45) is 1.81. The first kappa shape index (κ1) is 16.1. The zero-order valence-electron chi connectivity index (χ0n) is 12.4. The second-order valence-corrected chi connectivity index (χ2v) is 4.48. The van der Waals surface area contributed by atoms with Crippen LogP contribution in [0.4, 0.5) is 0 Å². The summed E-state index contributed by atoms with van der Waals surface area (Å²) in [4.78, 5) is 11.5. The quantitative estimate of drug-likeness (QED) is 0.413. The van der Waals surface area contributed by atoms with Crippen LogP contribution >= 0.6 is 0 Å². The lowest BCUT2D eigenvalue weighted by Gasteiger charge is -2.13. The molecule has 0 fully saturated rings. The van der Waals surface area contributed by atoms with E-state index in [4.69, 9.17) is 14.2 Å². The minimum absolute atomic E-state index is 0.354. The van der Waals surface area contributed by atoms with Gasteiger partial charge in [0.15, 0.2) is 11.5 Å². The molecule has 0 saturated carbocycles. The zero-order valence-corrected chi connectivity index (χ0v) is 12.4. The van der Waals surface area contributed by atoms with Crippen molar-refractivity contribution in [2.45, 2.75) is 33.6 Å². The van der Waals surface area contributed by atoms with Crippen molar-refractivity contribution in [3.05, 3.63) is 30.4 Å². The van der Waals surface area contributed by atoms with Gasteiger partial charge in [0, 0.05) is 11.6 Å². The summed E-state index contributed by atoms with van der Waals surface area (Å²) in [5, 5.41) is 0. The van der Waals surface area contributed by atoms with Gasteiger partial charge in [-0.1, -0.05) is 20.4 Å². The molecule has 1 aromatic rings. The average molecular weight is 278 g/mol. The normalized spacial score (nSPS) is 9.95. The molecule has 0 N–H and O–H groups in total. The minimum atomic E-state index is -0.450. The van der Waals surface area contributed by atoms with Crippen LogP contribution in [-0.2, 0) is 4.79 Å². The van der Waals surface area contributed by atoms with Crippen molar-refractivity contribution in [2.75, 3.05) is 13.2 Å². The first-order valence-corrected chi connectivity index (χ1v) is 6.85. The fraction of sp³-hybridized carbons (Fsp3) is 0.438. The first-order chi connectivity index (χ1) is 9.58. The first-order valence-electron chi connectivity index (χ1n) is 6.85. The molecule has 1 aromatic carbocycles. The lowest BCUT2D eigenvalue weighted by molar-refractivity contribution is -0.130. The van der Waals surface area contributed by atoms with Gasteiger partial charge in [-0.05, 0) is 31.9 Å². The van der Waals surface area contributed by atoms with Crippen LogP contribution in [0.1, 0.15) is 33.6 Å². The van der Waals surface area contributed by atoms with Gasteiger partial charge in [0.1, 0.15) is 5.75 Å². The number of hydrogen-bond acceptors (Lipinski definition) is 4. The molecule has 0 aliphatic heterocycles. The molecule has 4 nitrogen and oxygen atoms in total. The molecule has 0 heterocycles. The van der Waals surface area contributed by atoms with Crippen LogP contribution in [0.25, 0.3) is 0 Å². The molecule has 0 aromatic heterocycles. The summed E-state index contributed by atoms with van der Waals surface area (Å²) in [7, 11) is 0. The van der Waals surface area contributed by atoms with Crippen LogP contribution < -0.4 is 14.2 Å². The maximum Gasteiger partial charge on any atom is 0.338 e. The smallest absolute Gasteiger partial charge is 0.338 e. The number of carbonyl (C=O) groups is 1. The molecule has 0 radical (unpaired) electrons. The van der Waals surface area contributed by atoms with Crippen LogP contribution in [0, 0.1) is 0 Å². The third-order valence-corrected chi connectivity index (χ3v) is 2.40. The summed E-state index contributed by atoms with van der Waals surface area (Å²) in [5.74, 6) is 1.23. The van der Waals surface area contributed by atoms with E-state index in [1.807, 2.05) is 13.8 Å². The predicted molar refractivity (Wildman–Crippen MR) is 78.5 cm³/mol. The standard InChI is InChI=1S/C16H22O4/c1-5-9-18-14-8-7-13(20-16(17)12(3)4)11-15(14)19-10-6-2/h7-8,11H,3,5-6,9-10H2,1-2,4H3. The second-order valence-electron chi connectivity index (χ2n) is 4.48. The zero-order chi connectivity index (χ0) is 15.0. The Morgan fingerprint density at radius 3 is 2.25 bits per heavy atom. The second kappa shape index (κ2) is 8.25. The third kappa shape index (κ3) is 4.96. The van der Waals surface area contributed by atoms with Gasteiger partial charge in [-0.25, -0.2) is 4.79 Å². The number of carbonyl (C=O) groups excluding carboxylic acids is 1. The summed E-state index contributed by atoms with van der Waals surface area (Å²) in [6, 6.07) is 5.10. The van der Waals surface area contributed by atoms with Gasteiger partial charge in [0.25, 0.3) is 0 Å². The van der Waals surface area contributed by atoms with Crippen LogP contribution in [0.3, 0.4) is 0 Å². The van der Waals surface area contributed by atoms with Gasteiger partial charge in [-0.2, -0.15) is 0 Å². The molecule has 0 aliphatic carbocycles. The molecule has 0 bridgehead atoms. The molecule has 110 valence electrons. The lowest BCUT2D eigenvalue weighted by Crippen LogP contribution is -2.08. The molecule has 0 saturated heterocycles. The van der Waals surface area contributed by atoms with Gasteiger partial charge >= 0.3 is 5.97 Å². The molecule has 4 heteroatoms. The summed E-state index contributed by atoms with van der Waals surface area (Å²) >= 11 is 0. The molecule has 0 atom stereocenters. The van der Waals surface area contributed by atoms with E-state index in [9.17, 15) is 4.79 Å². The maximum atomic E-state index is 11.5. The Morgan fingerprint density at radius 1 is 1.10 bits per heavy atom. The third-order valence-electron chi connectivity index (χ3n) is 2.40. The monoisotopic (exact) mass is 278 g/mol. The molecule has 0 spiro atoms. The van der Waals surface area contributed by atoms with E-state index < -0.39 is 5.97 Å². The van der Waals surface area contributed by atoms with E-state index in [2.05, 4.69) is 6.58 Å². The highest BCUT2D eigenvalue weighted by atomic mass is 16.5. The van der Waals surface area contributed by atoms with Crippen molar-refractivity contribution in [1.29, 1.82) is 0 Å². The van der Waals surface area contributed by atoms with Gasteiger partial charge in [0.2, 0.25) is 0 Å². The number of ether oxygens (including phenoxy) is 3.